The average molecular weight is 414 g/mol. The van der Waals surface area contributed by atoms with Crippen LogP contribution in [0.4, 0.5) is 18.9 Å². The second kappa shape index (κ2) is 8.32. The molecule has 1 atom stereocenters. The van der Waals surface area contributed by atoms with E-state index in [1.54, 1.807) is 31.2 Å². The maximum atomic E-state index is 12.8. The molecule has 0 spiro atoms. The molecule has 0 heterocycles. The number of sulfonamides is 1. The largest absolute Gasteiger partial charge is 0.416 e. The summed E-state index contributed by atoms with van der Waals surface area (Å²) in [6.07, 6.45) is -4.56. The lowest BCUT2D eigenvalue weighted by Gasteiger charge is -2.26. The van der Waals surface area contributed by atoms with Gasteiger partial charge in [-0.15, -0.1) is 0 Å². The number of carbonyl (C=O) groups excluding carboxylic acids is 1. The van der Waals surface area contributed by atoms with Crippen LogP contribution in [-0.4, -0.2) is 31.2 Å². The minimum Gasteiger partial charge on any atom is -0.325 e. The number of alkyl halides is 3. The molecular weight excluding hydrogens is 393 g/mol. The number of aryl methyl sites for hydroxylation is 1. The Bertz CT molecular complexity index is 924. The van der Waals surface area contributed by atoms with Gasteiger partial charge in [0.1, 0.15) is 6.04 Å². The van der Waals surface area contributed by atoms with Crippen molar-refractivity contribution in [3.8, 4) is 0 Å². The van der Waals surface area contributed by atoms with Gasteiger partial charge in [-0.2, -0.15) is 17.5 Å². The normalized spacial score (nSPS) is 13.4. The fraction of sp³-hybridized carbons (Fsp3) is 0.316. The first-order valence-corrected chi connectivity index (χ1v) is 9.97. The first-order valence-electron chi connectivity index (χ1n) is 8.53. The van der Waals surface area contributed by atoms with Crippen LogP contribution in [0.1, 0.15) is 25.0 Å². The lowest BCUT2D eigenvalue weighted by Crippen LogP contribution is -2.45. The zero-order chi connectivity index (χ0) is 21.1. The molecular formula is C19H21F3N2O3S. The summed E-state index contributed by atoms with van der Waals surface area (Å²) in [5.74, 6) is -0.541. The van der Waals surface area contributed by atoms with Gasteiger partial charge in [-0.05, 0) is 50.2 Å². The fourth-order valence-electron chi connectivity index (χ4n) is 2.62. The lowest BCUT2D eigenvalue weighted by atomic mass is 10.2. The second-order valence-corrected chi connectivity index (χ2v) is 8.15. The highest BCUT2D eigenvalue weighted by molar-refractivity contribution is 7.89. The predicted octanol–water partition coefficient (Wildman–Crippen LogP) is 4.05. The third kappa shape index (κ3) is 4.90. The topological polar surface area (TPSA) is 66.5 Å². The summed E-state index contributed by atoms with van der Waals surface area (Å²) in [4.78, 5) is 12.2. The second-order valence-electron chi connectivity index (χ2n) is 6.26. The van der Waals surface area contributed by atoms with Crippen LogP contribution >= 0.6 is 0 Å². The molecule has 9 heteroatoms. The highest BCUT2D eigenvalue weighted by Gasteiger charge is 2.34. The molecule has 0 aliphatic carbocycles. The number of carbonyl (C=O) groups is 1. The van der Waals surface area contributed by atoms with E-state index in [2.05, 4.69) is 5.32 Å². The smallest absolute Gasteiger partial charge is 0.325 e. The summed E-state index contributed by atoms with van der Waals surface area (Å²) in [7, 11) is -4.15. The van der Waals surface area contributed by atoms with Crippen LogP contribution in [-0.2, 0) is 21.0 Å². The number of benzene rings is 2. The minimum atomic E-state index is -4.56. The van der Waals surface area contributed by atoms with Crippen molar-refractivity contribution < 1.29 is 26.4 Å². The third-order valence-electron chi connectivity index (χ3n) is 4.23. The van der Waals surface area contributed by atoms with Crippen LogP contribution in [0.3, 0.4) is 0 Å². The first-order chi connectivity index (χ1) is 13.0. The van der Waals surface area contributed by atoms with Gasteiger partial charge in [-0.1, -0.05) is 24.6 Å². The molecule has 0 aromatic heterocycles. The van der Waals surface area contributed by atoms with Gasteiger partial charge in [-0.3, -0.25) is 4.79 Å². The number of nitrogens with zero attached hydrogens (tertiary/aromatic N) is 1. The van der Waals surface area contributed by atoms with Crippen LogP contribution in [0.25, 0.3) is 0 Å². The number of hydrogen-bond donors (Lipinski definition) is 1. The van der Waals surface area contributed by atoms with Gasteiger partial charge >= 0.3 is 6.18 Å². The Kier molecular flexibility index (Phi) is 6.51. The Balaban J connectivity index is 2.23. The highest BCUT2D eigenvalue weighted by Crippen LogP contribution is 2.30. The van der Waals surface area contributed by atoms with Crippen molar-refractivity contribution in [2.45, 2.75) is 37.9 Å². The Morgan fingerprint density at radius 2 is 1.61 bits per heavy atom. The summed E-state index contributed by atoms with van der Waals surface area (Å²) in [5, 5.41) is 2.64. The van der Waals surface area contributed by atoms with Crippen molar-refractivity contribution in [3.05, 3.63) is 59.7 Å². The molecule has 2 rings (SSSR count). The SMILES string of the molecule is CCN([C@@H](C)C(=O)Nc1ccc(C)cc1)S(=O)(=O)c1ccc(C(F)(F)F)cc1. The number of nitrogens with one attached hydrogen (secondary N) is 1. The summed E-state index contributed by atoms with van der Waals surface area (Å²) in [5.41, 5.74) is 0.580. The molecule has 5 nitrogen and oxygen atoms in total. The zero-order valence-electron chi connectivity index (χ0n) is 15.6. The molecule has 0 aliphatic heterocycles. The Hall–Kier alpha value is -2.39. The van der Waals surface area contributed by atoms with Gasteiger partial charge in [0.25, 0.3) is 0 Å². The fourth-order valence-corrected chi connectivity index (χ4v) is 4.22. The molecule has 0 unspecified atom stereocenters. The van der Waals surface area contributed by atoms with Crippen LogP contribution in [0.15, 0.2) is 53.4 Å². The molecule has 1 N–H and O–H groups in total. The van der Waals surface area contributed by atoms with Crippen LogP contribution in [0, 0.1) is 6.92 Å². The Morgan fingerprint density at radius 3 is 2.07 bits per heavy atom. The van der Waals surface area contributed by atoms with Crippen molar-refractivity contribution in [1.82, 2.24) is 4.31 Å². The molecule has 28 heavy (non-hydrogen) atoms. The average Bonchev–Trinajstić information content (AvgIpc) is 2.63. The van der Waals surface area contributed by atoms with Gasteiger partial charge in [0.15, 0.2) is 0 Å². The summed E-state index contributed by atoms with van der Waals surface area (Å²) >= 11 is 0. The van der Waals surface area contributed by atoms with Crippen molar-refractivity contribution in [2.75, 3.05) is 11.9 Å². The van der Waals surface area contributed by atoms with Gasteiger partial charge in [0, 0.05) is 12.2 Å². The monoisotopic (exact) mass is 414 g/mol. The third-order valence-corrected chi connectivity index (χ3v) is 6.29. The van der Waals surface area contributed by atoms with E-state index in [4.69, 9.17) is 0 Å². The van der Waals surface area contributed by atoms with E-state index >= 15 is 0 Å². The highest BCUT2D eigenvalue weighted by atomic mass is 32.2. The van der Waals surface area contributed by atoms with E-state index in [0.29, 0.717) is 17.8 Å². The van der Waals surface area contributed by atoms with E-state index < -0.39 is 33.7 Å². The standard InChI is InChI=1S/C19H21F3N2O3S/c1-4-24(14(3)18(25)23-16-9-5-13(2)6-10-16)28(26,27)17-11-7-15(8-12-17)19(20,21)22/h5-12,14H,4H2,1-3H3,(H,23,25)/t14-/m0/s1. The summed E-state index contributed by atoms with van der Waals surface area (Å²) in [6.45, 7) is 4.85. The maximum absolute atomic E-state index is 12.8. The molecule has 0 bridgehead atoms. The van der Waals surface area contributed by atoms with Crippen molar-refractivity contribution in [2.24, 2.45) is 0 Å². The van der Waals surface area contributed by atoms with Gasteiger partial charge in [-0.25, -0.2) is 8.42 Å². The molecule has 0 saturated carbocycles. The van der Waals surface area contributed by atoms with Crippen molar-refractivity contribution in [1.29, 1.82) is 0 Å². The quantitative estimate of drug-likeness (QED) is 0.776. The Morgan fingerprint density at radius 1 is 1.07 bits per heavy atom. The van der Waals surface area contributed by atoms with E-state index in [1.165, 1.54) is 6.92 Å². The zero-order valence-corrected chi connectivity index (χ0v) is 16.4. The number of amides is 1. The van der Waals surface area contributed by atoms with E-state index in [-0.39, 0.29) is 11.4 Å². The van der Waals surface area contributed by atoms with Crippen molar-refractivity contribution >= 4 is 21.6 Å². The molecule has 0 fully saturated rings. The summed E-state index contributed by atoms with van der Waals surface area (Å²) in [6, 6.07) is 9.14. The number of anilines is 1. The van der Waals surface area contributed by atoms with E-state index in [9.17, 15) is 26.4 Å². The lowest BCUT2D eigenvalue weighted by molar-refractivity contribution is -0.137. The van der Waals surface area contributed by atoms with Gasteiger partial charge < -0.3 is 5.32 Å². The van der Waals surface area contributed by atoms with E-state index in [1.807, 2.05) is 6.92 Å². The van der Waals surface area contributed by atoms with Gasteiger partial charge in [0.05, 0.1) is 10.5 Å². The van der Waals surface area contributed by atoms with Gasteiger partial charge in [0.2, 0.25) is 15.9 Å². The number of likely N-dealkylation sites (N-methyl/N-ethyl adjacent to an activating group) is 1. The first kappa shape index (κ1) is 21.9. The molecule has 2 aromatic carbocycles. The van der Waals surface area contributed by atoms with E-state index in [0.717, 1.165) is 22.0 Å². The van der Waals surface area contributed by atoms with Crippen molar-refractivity contribution in [3.63, 3.8) is 0 Å². The number of rotatable bonds is 6. The van der Waals surface area contributed by atoms with Crippen LogP contribution < -0.4 is 5.32 Å². The van der Waals surface area contributed by atoms with Crippen LogP contribution in [0.5, 0.6) is 0 Å². The number of halogens is 3. The molecule has 0 aliphatic rings. The molecule has 0 radical (unpaired) electrons. The minimum absolute atomic E-state index is 0.0220. The molecule has 1 amide bonds. The van der Waals surface area contributed by atoms with Crippen LogP contribution in [0.2, 0.25) is 0 Å². The maximum Gasteiger partial charge on any atom is 0.416 e. The number of hydrogen-bond acceptors (Lipinski definition) is 3. The summed E-state index contributed by atoms with van der Waals surface area (Å²) < 4.78 is 64.7. The molecule has 2 aromatic rings. The molecule has 152 valence electrons. The molecule has 0 saturated heterocycles. The predicted molar refractivity (Wildman–Crippen MR) is 100 cm³/mol. The Labute approximate surface area is 162 Å².